The smallest absolute Gasteiger partial charge is 0.233 e. The highest BCUT2D eigenvalue weighted by Crippen LogP contribution is 2.25. The van der Waals surface area contributed by atoms with Crippen LogP contribution in [0.1, 0.15) is 30.7 Å². The van der Waals surface area contributed by atoms with Crippen LogP contribution in [0.5, 0.6) is 0 Å². The van der Waals surface area contributed by atoms with Crippen molar-refractivity contribution in [1.29, 1.82) is 0 Å². The number of carbonyl (C=O) groups excluding carboxylic acids is 1. The third-order valence-electron chi connectivity index (χ3n) is 3.52. The Kier molecular flexibility index (Phi) is 5.07. The molecule has 1 amide bonds. The minimum Gasteiger partial charge on any atom is -0.355 e. The fraction of sp³-hybridized carbons (Fsp3) is 0.312. The first kappa shape index (κ1) is 15.7. The van der Waals surface area contributed by atoms with Gasteiger partial charge in [0.05, 0.1) is 5.25 Å². The van der Waals surface area contributed by atoms with E-state index in [1.54, 1.807) is 18.2 Å². The van der Waals surface area contributed by atoms with E-state index in [9.17, 15) is 9.18 Å². The molecule has 0 aliphatic carbocycles. The van der Waals surface area contributed by atoms with Crippen molar-refractivity contribution in [3.63, 3.8) is 0 Å². The lowest BCUT2D eigenvalue weighted by atomic mass is 10.2. The van der Waals surface area contributed by atoms with E-state index in [4.69, 9.17) is 0 Å². The summed E-state index contributed by atoms with van der Waals surface area (Å²) in [6.07, 6.45) is 6.48. The van der Waals surface area contributed by atoms with E-state index in [1.165, 1.54) is 23.9 Å². The number of aromatic amines is 1. The number of rotatable bonds is 4. The van der Waals surface area contributed by atoms with Crippen LogP contribution < -0.4 is 5.32 Å². The molecule has 7 heteroatoms. The van der Waals surface area contributed by atoms with Crippen LogP contribution in [0.25, 0.3) is 12.2 Å². The van der Waals surface area contributed by atoms with Crippen molar-refractivity contribution < 1.29 is 9.18 Å². The number of carbonyl (C=O) groups is 1. The van der Waals surface area contributed by atoms with Gasteiger partial charge in [-0.15, -0.1) is 5.10 Å². The van der Waals surface area contributed by atoms with Crippen LogP contribution in [-0.2, 0) is 4.79 Å². The fourth-order valence-corrected chi connectivity index (χ4v) is 3.26. The maximum Gasteiger partial charge on any atom is 0.233 e. The van der Waals surface area contributed by atoms with Crippen LogP contribution in [0, 0.1) is 5.82 Å². The van der Waals surface area contributed by atoms with Crippen LogP contribution >= 0.6 is 11.8 Å². The van der Waals surface area contributed by atoms with Crippen LogP contribution in [-0.4, -0.2) is 32.9 Å². The van der Waals surface area contributed by atoms with Crippen LogP contribution in [0.3, 0.4) is 0 Å². The molecule has 2 aromatic rings. The number of thioether (sulfide) groups is 1. The van der Waals surface area contributed by atoms with Gasteiger partial charge in [0.1, 0.15) is 11.6 Å². The molecule has 1 aromatic carbocycles. The van der Waals surface area contributed by atoms with Crippen LogP contribution in [0.4, 0.5) is 4.39 Å². The summed E-state index contributed by atoms with van der Waals surface area (Å²) in [5.74, 6) is 0.397. The van der Waals surface area contributed by atoms with Crippen LogP contribution in [0.15, 0.2) is 29.4 Å². The molecule has 1 aliphatic heterocycles. The van der Waals surface area contributed by atoms with Crippen molar-refractivity contribution in [2.24, 2.45) is 0 Å². The Labute approximate surface area is 137 Å². The van der Waals surface area contributed by atoms with Gasteiger partial charge in [0.25, 0.3) is 0 Å². The highest BCUT2D eigenvalue weighted by Gasteiger charge is 2.23. The summed E-state index contributed by atoms with van der Waals surface area (Å²) in [6.45, 7) is 0.746. The molecule has 0 bridgehead atoms. The van der Waals surface area contributed by atoms with Crippen molar-refractivity contribution in [1.82, 2.24) is 20.5 Å². The molecule has 2 heterocycles. The van der Waals surface area contributed by atoms with Crippen molar-refractivity contribution >= 4 is 29.8 Å². The quantitative estimate of drug-likeness (QED) is 0.903. The minimum atomic E-state index is -0.262. The van der Waals surface area contributed by atoms with E-state index >= 15 is 0 Å². The number of benzene rings is 1. The van der Waals surface area contributed by atoms with Crippen molar-refractivity contribution in [2.45, 2.75) is 29.7 Å². The largest absolute Gasteiger partial charge is 0.355 e. The van der Waals surface area contributed by atoms with Gasteiger partial charge in [-0.3, -0.25) is 9.89 Å². The standard InChI is InChI=1S/C16H17FN4OS/c17-12-7-4-11(5-8-12)6-9-14-19-16(21-20-14)23-13-3-1-2-10-18-15(13)22/h4-9,13H,1-3,10H2,(H,18,22)(H,19,20,21)/b9-6-/t13-/m1/s1. The molecule has 1 fully saturated rings. The Hall–Kier alpha value is -2.15. The summed E-state index contributed by atoms with van der Waals surface area (Å²) in [7, 11) is 0. The lowest BCUT2D eigenvalue weighted by Crippen LogP contribution is -2.30. The summed E-state index contributed by atoms with van der Waals surface area (Å²) in [4.78, 5) is 16.3. The Morgan fingerprint density at radius 1 is 1.22 bits per heavy atom. The zero-order chi connectivity index (χ0) is 16.1. The number of aromatic nitrogens is 3. The second-order valence-electron chi connectivity index (χ2n) is 5.28. The number of hydrogen-bond acceptors (Lipinski definition) is 4. The number of nitrogens with zero attached hydrogens (tertiary/aromatic N) is 2. The SMILES string of the molecule is O=C1NCCCC[C@H]1Sc1n[nH]c(/C=C\c2ccc(F)cc2)n1. The zero-order valence-corrected chi connectivity index (χ0v) is 13.3. The maximum atomic E-state index is 12.8. The molecular formula is C16H17FN4OS. The maximum absolute atomic E-state index is 12.8. The van der Waals surface area contributed by atoms with Crippen molar-refractivity contribution in [2.75, 3.05) is 6.54 Å². The fourth-order valence-electron chi connectivity index (χ4n) is 2.29. The second kappa shape index (κ2) is 7.41. The van der Waals surface area contributed by atoms with Gasteiger partial charge in [-0.25, -0.2) is 9.37 Å². The molecule has 23 heavy (non-hydrogen) atoms. The van der Waals surface area contributed by atoms with Gasteiger partial charge in [0, 0.05) is 6.54 Å². The average molecular weight is 332 g/mol. The Morgan fingerprint density at radius 2 is 2.04 bits per heavy atom. The molecular weight excluding hydrogens is 315 g/mol. The first-order valence-electron chi connectivity index (χ1n) is 7.51. The number of nitrogens with one attached hydrogen (secondary N) is 2. The molecule has 0 saturated carbocycles. The topological polar surface area (TPSA) is 70.7 Å². The highest BCUT2D eigenvalue weighted by molar-refractivity contribution is 8.00. The van der Waals surface area contributed by atoms with E-state index < -0.39 is 0 Å². The normalized spacial score (nSPS) is 18.8. The van der Waals surface area contributed by atoms with Crippen molar-refractivity contribution in [3.05, 3.63) is 41.5 Å². The lowest BCUT2D eigenvalue weighted by molar-refractivity contribution is -0.120. The van der Waals surface area contributed by atoms with Gasteiger partial charge in [0.2, 0.25) is 11.1 Å². The van der Waals surface area contributed by atoms with E-state index in [-0.39, 0.29) is 17.0 Å². The number of amides is 1. The molecule has 1 aromatic heterocycles. The van der Waals surface area contributed by atoms with Crippen LogP contribution in [0.2, 0.25) is 0 Å². The summed E-state index contributed by atoms with van der Waals surface area (Å²) in [5, 5.41) is 10.3. The molecule has 3 rings (SSSR count). The van der Waals surface area contributed by atoms with E-state index in [0.29, 0.717) is 11.0 Å². The van der Waals surface area contributed by atoms with E-state index in [2.05, 4.69) is 20.5 Å². The summed E-state index contributed by atoms with van der Waals surface area (Å²) in [6, 6.07) is 6.19. The van der Waals surface area contributed by atoms with Gasteiger partial charge < -0.3 is 5.32 Å². The van der Waals surface area contributed by atoms with E-state index in [0.717, 1.165) is 31.4 Å². The van der Waals surface area contributed by atoms with Gasteiger partial charge in [-0.1, -0.05) is 36.4 Å². The number of halogens is 1. The Balaban J connectivity index is 1.63. The van der Waals surface area contributed by atoms with Gasteiger partial charge >= 0.3 is 0 Å². The van der Waals surface area contributed by atoms with E-state index in [1.807, 2.05) is 6.08 Å². The molecule has 120 valence electrons. The lowest BCUT2D eigenvalue weighted by Gasteiger charge is -2.09. The third kappa shape index (κ3) is 4.41. The van der Waals surface area contributed by atoms with Gasteiger partial charge in [-0.05, 0) is 36.6 Å². The Morgan fingerprint density at radius 3 is 2.87 bits per heavy atom. The zero-order valence-electron chi connectivity index (χ0n) is 12.5. The Bertz CT molecular complexity index is 698. The molecule has 5 nitrogen and oxygen atoms in total. The predicted molar refractivity (Wildman–Crippen MR) is 88.2 cm³/mol. The summed E-state index contributed by atoms with van der Waals surface area (Å²) >= 11 is 1.38. The molecule has 1 aliphatic rings. The first-order chi connectivity index (χ1) is 11.2. The summed E-state index contributed by atoms with van der Waals surface area (Å²) < 4.78 is 12.8. The van der Waals surface area contributed by atoms with Gasteiger partial charge in [-0.2, -0.15) is 0 Å². The highest BCUT2D eigenvalue weighted by atomic mass is 32.2. The molecule has 0 spiro atoms. The average Bonchev–Trinajstić information content (AvgIpc) is 2.90. The molecule has 0 radical (unpaired) electrons. The van der Waals surface area contributed by atoms with Crippen molar-refractivity contribution in [3.8, 4) is 0 Å². The predicted octanol–water partition coefficient (Wildman–Crippen LogP) is 2.88. The second-order valence-corrected chi connectivity index (χ2v) is 6.45. The first-order valence-corrected chi connectivity index (χ1v) is 8.39. The van der Waals surface area contributed by atoms with Gasteiger partial charge in [0.15, 0.2) is 0 Å². The molecule has 1 atom stereocenters. The number of H-pyrrole nitrogens is 1. The third-order valence-corrected chi connectivity index (χ3v) is 4.65. The minimum absolute atomic E-state index is 0.0562. The molecule has 0 unspecified atom stereocenters. The summed E-state index contributed by atoms with van der Waals surface area (Å²) in [5.41, 5.74) is 0.875. The number of hydrogen-bond donors (Lipinski definition) is 2. The monoisotopic (exact) mass is 332 g/mol. The molecule has 2 N–H and O–H groups in total. The molecule has 1 saturated heterocycles.